The molecule has 22 heavy (non-hydrogen) atoms. The molecule has 0 radical (unpaired) electrons. The summed E-state index contributed by atoms with van der Waals surface area (Å²) in [5.74, 6) is -0.225. The molecule has 2 N–H and O–H groups in total. The molecule has 0 aliphatic heterocycles. The van der Waals surface area contributed by atoms with E-state index in [1.807, 2.05) is 6.07 Å². The molecule has 0 aliphatic carbocycles. The Hall–Kier alpha value is -2.99. The summed E-state index contributed by atoms with van der Waals surface area (Å²) in [7, 11) is 0. The highest BCUT2D eigenvalue weighted by molar-refractivity contribution is 6.04. The Bertz CT molecular complexity index is 784. The molecular formula is C16H14N4O2. The first kappa shape index (κ1) is 14.0. The predicted octanol–water partition coefficient (Wildman–Crippen LogP) is 2.01. The highest BCUT2D eigenvalue weighted by Crippen LogP contribution is 2.14. The van der Waals surface area contributed by atoms with Crippen LogP contribution in [-0.2, 0) is 6.61 Å². The molecule has 1 aromatic heterocycles. The summed E-state index contributed by atoms with van der Waals surface area (Å²) in [6.07, 6.45) is 3.29. The van der Waals surface area contributed by atoms with Gasteiger partial charge in [0.25, 0.3) is 5.91 Å². The Balaban J connectivity index is 1.81. The van der Waals surface area contributed by atoms with Gasteiger partial charge in [0.1, 0.15) is 0 Å². The van der Waals surface area contributed by atoms with Gasteiger partial charge in [-0.1, -0.05) is 23.4 Å². The van der Waals surface area contributed by atoms with E-state index < -0.39 is 0 Å². The maximum Gasteiger partial charge on any atom is 0.255 e. The molecule has 0 bridgehead atoms. The Morgan fingerprint density at radius 3 is 2.82 bits per heavy atom. The number of carbonyl (C=O) groups excluding carboxylic acids is 1. The standard InChI is InChI=1S/C16H14N4O2/c21-11-12-3-1-5-14(9-12)18-16(22)13-4-2-6-15(10-13)20-8-7-17-19-20/h1-10,21H,11H2,(H,18,22). The zero-order chi connectivity index (χ0) is 15.4. The number of aliphatic hydroxyl groups is 1. The number of rotatable bonds is 4. The van der Waals surface area contributed by atoms with E-state index in [-0.39, 0.29) is 12.5 Å². The van der Waals surface area contributed by atoms with Crippen molar-refractivity contribution < 1.29 is 9.90 Å². The van der Waals surface area contributed by atoms with Gasteiger partial charge in [0.2, 0.25) is 0 Å². The highest BCUT2D eigenvalue weighted by Gasteiger charge is 2.08. The van der Waals surface area contributed by atoms with E-state index in [4.69, 9.17) is 5.11 Å². The van der Waals surface area contributed by atoms with Crippen LogP contribution in [0.5, 0.6) is 0 Å². The molecule has 0 fully saturated rings. The van der Waals surface area contributed by atoms with Gasteiger partial charge in [-0.15, -0.1) is 5.10 Å². The molecule has 6 nitrogen and oxygen atoms in total. The molecule has 2 aromatic carbocycles. The van der Waals surface area contributed by atoms with Gasteiger partial charge in [-0.05, 0) is 35.9 Å². The number of aromatic nitrogens is 3. The fourth-order valence-electron chi connectivity index (χ4n) is 2.09. The van der Waals surface area contributed by atoms with Gasteiger partial charge >= 0.3 is 0 Å². The smallest absolute Gasteiger partial charge is 0.255 e. The Kier molecular flexibility index (Phi) is 3.93. The van der Waals surface area contributed by atoms with Crippen LogP contribution in [-0.4, -0.2) is 26.0 Å². The quantitative estimate of drug-likeness (QED) is 0.771. The van der Waals surface area contributed by atoms with Crippen molar-refractivity contribution in [2.75, 3.05) is 5.32 Å². The van der Waals surface area contributed by atoms with Gasteiger partial charge < -0.3 is 10.4 Å². The number of hydrogen-bond donors (Lipinski definition) is 2. The third-order valence-electron chi connectivity index (χ3n) is 3.16. The molecular weight excluding hydrogens is 280 g/mol. The summed E-state index contributed by atoms with van der Waals surface area (Å²) in [5.41, 5.74) is 2.66. The van der Waals surface area contributed by atoms with Crippen molar-refractivity contribution in [1.29, 1.82) is 0 Å². The molecule has 110 valence electrons. The van der Waals surface area contributed by atoms with Crippen LogP contribution in [0.1, 0.15) is 15.9 Å². The second kappa shape index (κ2) is 6.19. The molecule has 0 atom stereocenters. The largest absolute Gasteiger partial charge is 0.392 e. The number of amides is 1. The first-order chi connectivity index (χ1) is 10.8. The topological polar surface area (TPSA) is 80.0 Å². The lowest BCUT2D eigenvalue weighted by atomic mass is 10.1. The summed E-state index contributed by atoms with van der Waals surface area (Å²) in [5, 5.41) is 19.6. The van der Waals surface area contributed by atoms with Gasteiger partial charge in [-0.25, -0.2) is 4.68 Å². The number of carbonyl (C=O) groups is 1. The van der Waals surface area contributed by atoms with Crippen LogP contribution in [0, 0.1) is 0 Å². The van der Waals surface area contributed by atoms with E-state index in [1.165, 1.54) is 0 Å². The highest BCUT2D eigenvalue weighted by atomic mass is 16.3. The van der Waals surface area contributed by atoms with E-state index in [9.17, 15) is 4.79 Å². The van der Waals surface area contributed by atoms with Crippen molar-refractivity contribution in [1.82, 2.24) is 15.0 Å². The Labute approximate surface area is 127 Å². The molecule has 6 heteroatoms. The van der Waals surface area contributed by atoms with E-state index in [1.54, 1.807) is 59.5 Å². The van der Waals surface area contributed by atoms with Crippen LogP contribution in [0.25, 0.3) is 5.69 Å². The third-order valence-corrected chi connectivity index (χ3v) is 3.16. The minimum Gasteiger partial charge on any atom is -0.392 e. The zero-order valence-electron chi connectivity index (χ0n) is 11.7. The third kappa shape index (κ3) is 3.02. The summed E-state index contributed by atoms with van der Waals surface area (Å²) >= 11 is 0. The van der Waals surface area contributed by atoms with Crippen LogP contribution in [0.4, 0.5) is 5.69 Å². The normalized spacial score (nSPS) is 10.4. The summed E-state index contributed by atoms with van der Waals surface area (Å²) < 4.78 is 1.59. The van der Waals surface area contributed by atoms with Gasteiger partial charge in [0.15, 0.2) is 0 Å². The van der Waals surface area contributed by atoms with E-state index in [2.05, 4.69) is 15.6 Å². The first-order valence-electron chi connectivity index (χ1n) is 6.74. The molecule has 0 aliphatic rings. The summed E-state index contributed by atoms with van der Waals surface area (Å²) in [4.78, 5) is 12.3. The number of anilines is 1. The van der Waals surface area contributed by atoms with Crippen molar-refractivity contribution in [3.8, 4) is 5.69 Å². The molecule has 1 heterocycles. The average molecular weight is 294 g/mol. The molecule has 3 aromatic rings. The van der Waals surface area contributed by atoms with E-state index in [0.29, 0.717) is 11.3 Å². The van der Waals surface area contributed by atoms with Crippen molar-refractivity contribution in [2.24, 2.45) is 0 Å². The number of benzene rings is 2. The molecule has 1 amide bonds. The van der Waals surface area contributed by atoms with Gasteiger partial charge in [0, 0.05) is 11.3 Å². The van der Waals surface area contributed by atoms with Crippen LogP contribution in [0.3, 0.4) is 0 Å². The molecule has 0 saturated heterocycles. The Morgan fingerprint density at radius 2 is 2.05 bits per heavy atom. The SMILES string of the molecule is O=C(Nc1cccc(CO)c1)c1cccc(-n2ccnn2)c1. The second-order valence-corrected chi connectivity index (χ2v) is 4.71. The Morgan fingerprint density at radius 1 is 1.18 bits per heavy atom. The average Bonchev–Trinajstić information content (AvgIpc) is 3.09. The van der Waals surface area contributed by atoms with Crippen LogP contribution in [0.2, 0.25) is 0 Å². The van der Waals surface area contributed by atoms with Crippen molar-refractivity contribution in [3.63, 3.8) is 0 Å². The lowest BCUT2D eigenvalue weighted by Crippen LogP contribution is -2.12. The summed E-state index contributed by atoms with van der Waals surface area (Å²) in [6, 6.07) is 14.2. The van der Waals surface area contributed by atoms with E-state index >= 15 is 0 Å². The maximum atomic E-state index is 12.3. The number of nitrogens with one attached hydrogen (secondary N) is 1. The molecule has 3 rings (SSSR count). The molecule has 0 saturated carbocycles. The fourth-order valence-corrected chi connectivity index (χ4v) is 2.09. The van der Waals surface area contributed by atoms with Crippen molar-refractivity contribution in [3.05, 3.63) is 72.1 Å². The number of aliphatic hydroxyl groups excluding tert-OH is 1. The van der Waals surface area contributed by atoms with Gasteiger partial charge in [0.05, 0.1) is 24.7 Å². The number of hydrogen-bond acceptors (Lipinski definition) is 4. The lowest BCUT2D eigenvalue weighted by molar-refractivity contribution is 0.102. The van der Waals surface area contributed by atoms with Crippen molar-refractivity contribution in [2.45, 2.75) is 6.61 Å². The molecule has 0 spiro atoms. The zero-order valence-corrected chi connectivity index (χ0v) is 11.7. The van der Waals surface area contributed by atoms with Crippen LogP contribution in [0.15, 0.2) is 60.9 Å². The first-order valence-corrected chi connectivity index (χ1v) is 6.74. The van der Waals surface area contributed by atoms with Gasteiger partial charge in [-0.3, -0.25) is 4.79 Å². The predicted molar refractivity (Wildman–Crippen MR) is 81.7 cm³/mol. The number of nitrogens with zero attached hydrogens (tertiary/aromatic N) is 3. The monoisotopic (exact) mass is 294 g/mol. The lowest BCUT2D eigenvalue weighted by Gasteiger charge is -2.08. The van der Waals surface area contributed by atoms with Crippen molar-refractivity contribution >= 4 is 11.6 Å². The van der Waals surface area contributed by atoms with Crippen LogP contribution < -0.4 is 5.32 Å². The maximum absolute atomic E-state index is 12.3. The minimum atomic E-state index is -0.225. The van der Waals surface area contributed by atoms with Gasteiger partial charge in [-0.2, -0.15) is 0 Å². The van der Waals surface area contributed by atoms with Crippen LogP contribution >= 0.6 is 0 Å². The minimum absolute atomic E-state index is 0.0640. The molecule has 0 unspecified atom stereocenters. The summed E-state index contributed by atoms with van der Waals surface area (Å²) in [6.45, 7) is -0.0640. The van der Waals surface area contributed by atoms with E-state index in [0.717, 1.165) is 11.3 Å². The fraction of sp³-hybridized carbons (Fsp3) is 0.0625. The second-order valence-electron chi connectivity index (χ2n) is 4.71.